The first-order chi connectivity index (χ1) is 10.2. The Labute approximate surface area is 127 Å². The van der Waals surface area contributed by atoms with Gasteiger partial charge in [0.05, 0.1) is 19.3 Å². The number of amides is 1. The van der Waals surface area contributed by atoms with Crippen LogP contribution < -0.4 is 5.32 Å². The maximum Gasteiger partial charge on any atom is 0.252 e. The molecule has 0 aromatic heterocycles. The van der Waals surface area contributed by atoms with Crippen LogP contribution in [0.2, 0.25) is 0 Å². The van der Waals surface area contributed by atoms with Gasteiger partial charge in [-0.05, 0) is 6.42 Å². The molecule has 0 aliphatic carbocycles. The van der Waals surface area contributed by atoms with Crippen molar-refractivity contribution >= 4 is 5.91 Å². The van der Waals surface area contributed by atoms with Crippen molar-refractivity contribution in [1.29, 1.82) is 0 Å². The molecule has 0 aromatic rings. The molecule has 122 valence electrons. The van der Waals surface area contributed by atoms with Gasteiger partial charge in [0, 0.05) is 19.6 Å². The van der Waals surface area contributed by atoms with E-state index < -0.39 is 11.7 Å². The molecule has 0 saturated carbocycles. The van der Waals surface area contributed by atoms with Crippen molar-refractivity contribution < 1.29 is 19.0 Å². The number of nitrogens with one attached hydrogen (secondary N) is 1. The maximum absolute atomic E-state index is 12.3. The molecule has 5 heteroatoms. The lowest BCUT2D eigenvalue weighted by Crippen LogP contribution is -2.58. The van der Waals surface area contributed by atoms with Crippen molar-refractivity contribution in [2.45, 2.75) is 63.8 Å². The average Bonchev–Trinajstić information content (AvgIpc) is 3.24. The number of hydrogen-bond donors (Lipinski definition) is 1. The van der Waals surface area contributed by atoms with Gasteiger partial charge in [0.15, 0.2) is 11.7 Å². The van der Waals surface area contributed by atoms with E-state index >= 15 is 0 Å². The highest BCUT2D eigenvalue weighted by Crippen LogP contribution is 2.44. The molecule has 1 amide bonds. The highest BCUT2D eigenvalue weighted by molar-refractivity contribution is 5.83. The lowest BCUT2D eigenvalue weighted by atomic mass is 9.85. The third-order valence-electron chi connectivity index (χ3n) is 4.52. The fourth-order valence-electron chi connectivity index (χ4n) is 3.27. The number of carbonyl (C=O) groups is 1. The van der Waals surface area contributed by atoms with Crippen LogP contribution in [0.15, 0.2) is 0 Å². The third kappa shape index (κ3) is 3.76. The van der Waals surface area contributed by atoms with E-state index in [0.29, 0.717) is 19.8 Å². The monoisotopic (exact) mass is 299 g/mol. The minimum absolute atomic E-state index is 0.0584. The Bertz CT molecular complexity index is 343. The smallest absolute Gasteiger partial charge is 0.252 e. The molecule has 2 fully saturated rings. The first kappa shape index (κ1) is 16.7. The van der Waals surface area contributed by atoms with Crippen LogP contribution >= 0.6 is 0 Å². The molecule has 0 aromatic carbocycles. The summed E-state index contributed by atoms with van der Waals surface area (Å²) in [6.07, 6.45) is 5.33. The van der Waals surface area contributed by atoms with Gasteiger partial charge in [-0.2, -0.15) is 0 Å². The second kappa shape index (κ2) is 7.56. The van der Waals surface area contributed by atoms with Crippen LogP contribution in [0.1, 0.15) is 46.0 Å². The Kier molecular flexibility index (Phi) is 6.02. The van der Waals surface area contributed by atoms with Gasteiger partial charge in [-0.3, -0.25) is 4.79 Å². The largest absolute Gasteiger partial charge is 0.378 e. The maximum atomic E-state index is 12.3. The summed E-state index contributed by atoms with van der Waals surface area (Å²) in [6, 6.07) is 0. The van der Waals surface area contributed by atoms with Crippen LogP contribution in [0.25, 0.3) is 0 Å². The number of methoxy groups -OCH3 is 1. The lowest BCUT2D eigenvalue weighted by molar-refractivity contribution is -0.167. The molecule has 2 aliphatic rings. The summed E-state index contributed by atoms with van der Waals surface area (Å²) in [5.41, 5.74) is -0.557. The average molecular weight is 299 g/mol. The van der Waals surface area contributed by atoms with E-state index in [4.69, 9.17) is 14.2 Å². The van der Waals surface area contributed by atoms with E-state index in [9.17, 15) is 4.79 Å². The Morgan fingerprint density at radius 2 is 2.05 bits per heavy atom. The van der Waals surface area contributed by atoms with Gasteiger partial charge in [0.25, 0.3) is 5.91 Å². The van der Waals surface area contributed by atoms with Crippen LogP contribution in [0.3, 0.4) is 0 Å². The van der Waals surface area contributed by atoms with Crippen molar-refractivity contribution in [3.05, 3.63) is 0 Å². The lowest BCUT2D eigenvalue weighted by Gasteiger charge is -2.38. The molecule has 0 bridgehead atoms. The standard InChI is InChI=1S/C16H29NO4/c1-4-5-6-7-8-9-17-15(18)14-16(11-21-16)13(19-3)12(2)10-20-14/h12-14H,4-11H2,1-3H3,(H,17,18)/t12-,13-,14-,16+/m0/s1. The van der Waals surface area contributed by atoms with Gasteiger partial charge >= 0.3 is 0 Å². The van der Waals surface area contributed by atoms with Gasteiger partial charge in [-0.25, -0.2) is 0 Å². The topological polar surface area (TPSA) is 60.1 Å². The fourth-order valence-corrected chi connectivity index (χ4v) is 3.27. The highest BCUT2D eigenvalue weighted by Gasteiger charge is 2.64. The minimum atomic E-state index is -0.557. The van der Waals surface area contributed by atoms with E-state index in [1.54, 1.807) is 7.11 Å². The number of rotatable bonds is 8. The molecule has 1 spiro atoms. The zero-order valence-corrected chi connectivity index (χ0v) is 13.5. The van der Waals surface area contributed by atoms with E-state index in [1.807, 2.05) is 0 Å². The molecule has 0 radical (unpaired) electrons. The first-order valence-electron chi connectivity index (χ1n) is 8.21. The van der Waals surface area contributed by atoms with Gasteiger partial charge in [0.1, 0.15) is 0 Å². The van der Waals surface area contributed by atoms with Crippen molar-refractivity contribution in [1.82, 2.24) is 5.32 Å². The predicted molar refractivity (Wildman–Crippen MR) is 80.2 cm³/mol. The number of unbranched alkanes of at least 4 members (excludes halogenated alkanes) is 4. The summed E-state index contributed by atoms with van der Waals surface area (Å²) in [5, 5.41) is 2.98. The summed E-state index contributed by atoms with van der Waals surface area (Å²) in [5.74, 6) is 0.188. The van der Waals surface area contributed by atoms with Crippen molar-refractivity contribution in [2.75, 3.05) is 26.9 Å². The SMILES string of the molecule is CCCCCCCNC(=O)[C@@H]1OC[C@H](C)[C@H](OC)[C@]12CO2. The predicted octanol–water partition coefficient (Wildman–Crippen LogP) is 1.89. The van der Waals surface area contributed by atoms with Crippen LogP contribution in [-0.4, -0.2) is 50.6 Å². The Morgan fingerprint density at radius 3 is 2.67 bits per heavy atom. The third-order valence-corrected chi connectivity index (χ3v) is 4.52. The van der Waals surface area contributed by atoms with Gasteiger partial charge in [0.2, 0.25) is 0 Å². The molecule has 4 atom stereocenters. The van der Waals surface area contributed by atoms with Crippen LogP contribution in [0.5, 0.6) is 0 Å². The molecule has 0 unspecified atom stereocenters. The van der Waals surface area contributed by atoms with E-state index in [2.05, 4.69) is 19.2 Å². The fraction of sp³-hybridized carbons (Fsp3) is 0.938. The Morgan fingerprint density at radius 1 is 1.33 bits per heavy atom. The van der Waals surface area contributed by atoms with Gasteiger partial charge in [-0.15, -0.1) is 0 Å². The molecular weight excluding hydrogens is 270 g/mol. The normalized spacial score (nSPS) is 34.9. The van der Waals surface area contributed by atoms with Crippen molar-refractivity contribution in [2.24, 2.45) is 5.92 Å². The minimum Gasteiger partial charge on any atom is -0.378 e. The highest BCUT2D eigenvalue weighted by atomic mass is 16.7. The van der Waals surface area contributed by atoms with Crippen LogP contribution in [-0.2, 0) is 19.0 Å². The van der Waals surface area contributed by atoms with Crippen molar-refractivity contribution in [3.63, 3.8) is 0 Å². The Hall–Kier alpha value is -0.650. The summed E-state index contributed by atoms with van der Waals surface area (Å²) in [6.45, 7) is 6.07. The second-order valence-electron chi connectivity index (χ2n) is 6.30. The van der Waals surface area contributed by atoms with Crippen LogP contribution in [0.4, 0.5) is 0 Å². The molecule has 1 N–H and O–H groups in total. The van der Waals surface area contributed by atoms with Gasteiger partial charge in [-0.1, -0.05) is 39.5 Å². The van der Waals surface area contributed by atoms with E-state index in [-0.39, 0.29) is 17.9 Å². The molecule has 2 saturated heterocycles. The molecule has 2 rings (SSSR count). The molecule has 2 aliphatic heterocycles. The Balaban J connectivity index is 1.77. The molecule has 21 heavy (non-hydrogen) atoms. The number of ether oxygens (including phenoxy) is 3. The second-order valence-corrected chi connectivity index (χ2v) is 6.30. The summed E-state index contributed by atoms with van der Waals surface area (Å²) < 4.78 is 16.9. The van der Waals surface area contributed by atoms with E-state index in [1.165, 1.54) is 25.7 Å². The zero-order valence-electron chi connectivity index (χ0n) is 13.5. The first-order valence-corrected chi connectivity index (χ1v) is 8.21. The van der Waals surface area contributed by atoms with Crippen molar-refractivity contribution in [3.8, 4) is 0 Å². The summed E-state index contributed by atoms with van der Waals surface area (Å²) in [7, 11) is 1.68. The van der Waals surface area contributed by atoms with E-state index in [0.717, 1.165) is 6.42 Å². The zero-order chi connectivity index (χ0) is 15.3. The quantitative estimate of drug-likeness (QED) is 0.549. The summed E-state index contributed by atoms with van der Waals surface area (Å²) >= 11 is 0. The summed E-state index contributed by atoms with van der Waals surface area (Å²) in [4.78, 5) is 12.3. The van der Waals surface area contributed by atoms with Crippen LogP contribution in [0, 0.1) is 5.92 Å². The van der Waals surface area contributed by atoms with Gasteiger partial charge < -0.3 is 19.5 Å². The number of epoxide rings is 1. The number of hydrogen-bond acceptors (Lipinski definition) is 4. The number of carbonyl (C=O) groups excluding carboxylic acids is 1. The molecule has 5 nitrogen and oxygen atoms in total. The molecular formula is C16H29NO4. The molecule has 2 heterocycles.